The Morgan fingerprint density at radius 3 is 2.48 bits per heavy atom. The fourth-order valence-electron chi connectivity index (χ4n) is 2.81. The molecule has 1 heterocycles. The second-order valence-corrected chi connectivity index (χ2v) is 6.48. The molecule has 1 fully saturated rings. The van der Waals surface area contributed by atoms with Crippen LogP contribution in [0.15, 0.2) is 18.3 Å². The number of nitrogens with zero attached hydrogens (tertiary/aromatic N) is 1. The molecule has 1 aromatic carbocycles. The van der Waals surface area contributed by atoms with Gasteiger partial charge in [-0.25, -0.2) is 0 Å². The van der Waals surface area contributed by atoms with Gasteiger partial charge in [-0.15, -0.1) is 0 Å². The first-order valence-electron chi connectivity index (χ1n) is 8.40. The topological polar surface area (TPSA) is 98.9 Å². The molecule has 2 aromatic rings. The maximum atomic E-state index is 12.6. The van der Waals surface area contributed by atoms with Crippen LogP contribution in [0.4, 0.5) is 5.69 Å². The minimum atomic E-state index is -0.260. The maximum absolute atomic E-state index is 12.6. The van der Waals surface area contributed by atoms with E-state index in [-0.39, 0.29) is 23.6 Å². The van der Waals surface area contributed by atoms with E-state index in [0.29, 0.717) is 11.3 Å². The van der Waals surface area contributed by atoms with Gasteiger partial charge in [0, 0.05) is 18.2 Å². The first kappa shape index (κ1) is 17.2. The van der Waals surface area contributed by atoms with Crippen molar-refractivity contribution in [3.05, 3.63) is 46.3 Å². The molecule has 1 saturated carbocycles. The molecule has 0 saturated heterocycles. The molecular formula is C18H23N5O2. The summed E-state index contributed by atoms with van der Waals surface area (Å²) in [4.78, 5) is 24.8. The fourth-order valence-corrected chi connectivity index (χ4v) is 2.81. The summed E-state index contributed by atoms with van der Waals surface area (Å²) in [7, 11) is 1.90. The van der Waals surface area contributed by atoms with E-state index < -0.39 is 0 Å². The van der Waals surface area contributed by atoms with Crippen molar-refractivity contribution >= 4 is 17.5 Å². The van der Waals surface area contributed by atoms with E-state index in [1.54, 1.807) is 0 Å². The zero-order valence-corrected chi connectivity index (χ0v) is 14.7. The molecule has 7 heteroatoms. The molecule has 0 atom stereocenters. The summed E-state index contributed by atoms with van der Waals surface area (Å²) >= 11 is 0. The average molecular weight is 341 g/mol. The zero-order valence-electron chi connectivity index (χ0n) is 14.7. The van der Waals surface area contributed by atoms with Crippen molar-refractivity contribution in [1.82, 2.24) is 20.8 Å². The Bertz CT molecular complexity index is 785. The molecule has 0 aliphatic heterocycles. The van der Waals surface area contributed by atoms with Gasteiger partial charge < -0.3 is 16.0 Å². The summed E-state index contributed by atoms with van der Waals surface area (Å²) < 4.78 is 0. The SMILES string of the molecule is CNCc1c(C)cc(C(=O)Nc2cn[nH]c2C(=O)NC2CC2)cc1C. The number of rotatable bonds is 6. The van der Waals surface area contributed by atoms with E-state index in [0.717, 1.165) is 30.5 Å². The number of aryl methyl sites for hydroxylation is 2. The molecule has 7 nitrogen and oxygen atoms in total. The third kappa shape index (κ3) is 3.88. The van der Waals surface area contributed by atoms with Crippen LogP contribution < -0.4 is 16.0 Å². The molecular weight excluding hydrogens is 318 g/mol. The monoisotopic (exact) mass is 341 g/mol. The summed E-state index contributed by atoms with van der Waals surface area (Å²) in [6, 6.07) is 3.96. The number of amides is 2. The molecule has 0 radical (unpaired) electrons. The predicted molar refractivity (Wildman–Crippen MR) is 95.7 cm³/mol. The largest absolute Gasteiger partial charge is 0.348 e. The Hall–Kier alpha value is -2.67. The quantitative estimate of drug-likeness (QED) is 0.645. The molecule has 25 heavy (non-hydrogen) atoms. The first-order valence-corrected chi connectivity index (χ1v) is 8.40. The smallest absolute Gasteiger partial charge is 0.271 e. The van der Waals surface area contributed by atoms with E-state index in [1.165, 1.54) is 11.8 Å². The number of carbonyl (C=O) groups excluding carboxylic acids is 2. The van der Waals surface area contributed by atoms with Crippen LogP contribution in [0.5, 0.6) is 0 Å². The zero-order chi connectivity index (χ0) is 18.0. The average Bonchev–Trinajstić information content (AvgIpc) is 3.26. The number of carbonyl (C=O) groups is 2. The second-order valence-electron chi connectivity index (χ2n) is 6.48. The molecule has 4 N–H and O–H groups in total. The van der Waals surface area contributed by atoms with Gasteiger partial charge in [0.1, 0.15) is 5.69 Å². The summed E-state index contributed by atoms with van der Waals surface area (Å²) in [5.74, 6) is -0.504. The van der Waals surface area contributed by atoms with Crippen molar-refractivity contribution in [3.63, 3.8) is 0 Å². The van der Waals surface area contributed by atoms with Crippen LogP contribution in [0.3, 0.4) is 0 Å². The second kappa shape index (κ2) is 7.06. The lowest BCUT2D eigenvalue weighted by Crippen LogP contribution is -2.27. The van der Waals surface area contributed by atoms with Crippen molar-refractivity contribution in [3.8, 4) is 0 Å². The lowest BCUT2D eigenvalue weighted by Gasteiger charge is -2.12. The third-order valence-corrected chi connectivity index (χ3v) is 4.34. The Morgan fingerprint density at radius 2 is 1.88 bits per heavy atom. The van der Waals surface area contributed by atoms with Gasteiger partial charge >= 0.3 is 0 Å². The Labute approximate surface area is 146 Å². The summed E-state index contributed by atoms with van der Waals surface area (Å²) in [6.45, 7) is 4.73. The standard InChI is InChI=1S/C18H23N5O2/c1-10-6-12(7-11(2)14(10)8-19-3)17(24)22-15-9-20-23-16(15)18(25)21-13-4-5-13/h6-7,9,13,19H,4-5,8H2,1-3H3,(H,20,23)(H,21,25)(H,22,24). The third-order valence-electron chi connectivity index (χ3n) is 4.34. The van der Waals surface area contributed by atoms with Crippen molar-refractivity contribution in [2.75, 3.05) is 12.4 Å². The fraction of sp³-hybridized carbons (Fsp3) is 0.389. The van der Waals surface area contributed by atoms with E-state index >= 15 is 0 Å². The molecule has 1 aliphatic carbocycles. The molecule has 1 aromatic heterocycles. The minimum Gasteiger partial charge on any atom is -0.348 e. The van der Waals surface area contributed by atoms with Gasteiger partial charge in [-0.3, -0.25) is 14.7 Å². The van der Waals surface area contributed by atoms with Crippen LogP contribution >= 0.6 is 0 Å². The van der Waals surface area contributed by atoms with Gasteiger partial charge in [0.15, 0.2) is 0 Å². The van der Waals surface area contributed by atoms with Gasteiger partial charge in [0.25, 0.3) is 11.8 Å². The molecule has 0 bridgehead atoms. The van der Waals surface area contributed by atoms with Gasteiger partial charge in [-0.2, -0.15) is 5.10 Å². The normalized spacial score (nSPS) is 13.6. The van der Waals surface area contributed by atoms with Crippen molar-refractivity contribution < 1.29 is 9.59 Å². The van der Waals surface area contributed by atoms with Crippen LogP contribution in [0.1, 0.15) is 50.4 Å². The number of aromatic nitrogens is 2. The summed E-state index contributed by atoms with van der Waals surface area (Å²) in [5.41, 5.74) is 4.52. The molecule has 132 valence electrons. The van der Waals surface area contributed by atoms with E-state index in [4.69, 9.17) is 0 Å². The number of nitrogens with one attached hydrogen (secondary N) is 4. The molecule has 2 amide bonds. The van der Waals surface area contributed by atoms with Crippen LogP contribution in [0, 0.1) is 13.8 Å². The summed E-state index contributed by atoms with van der Waals surface area (Å²) in [6.07, 6.45) is 3.45. The van der Waals surface area contributed by atoms with Gasteiger partial charge in [0.05, 0.1) is 11.9 Å². The number of H-pyrrole nitrogens is 1. The lowest BCUT2D eigenvalue weighted by molar-refractivity contribution is 0.0947. The molecule has 0 unspecified atom stereocenters. The lowest BCUT2D eigenvalue weighted by atomic mass is 9.99. The van der Waals surface area contributed by atoms with E-state index in [1.807, 2.05) is 33.0 Å². The van der Waals surface area contributed by atoms with Crippen molar-refractivity contribution in [1.29, 1.82) is 0 Å². The van der Waals surface area contributed by atoms with Crippen molar-refractivity contribution in [2.24, 2.45) is 0 Å². The van der Waals surface area contributed by atoms with Crippen LogP contribution in [0.2, 0.25) is 0 Å². The van der Waals surface area contributed by atoms with Gasteiger partial charge in [0.2, 0.25) is 0 Å². The Balaban J connectivity index is 1.76. The number of hydrogen-bond acceptors (Lipinski definition) is 4. The number of anilines is 1. The first-order chi connectivity index (χ1) is 12.0. The summed E-state index contributed by atoms with van der Waals surface area (Å²) in [5, 5.41) is 15.3. The predicted octanol–water partition coefficient (Wildman–Crippen LogP) is 1.89. The van der Waals surface area contributed by atoms with E-state index in [2.05, 4.69) is 26.1 Å². The van der Waals surface area contributed by atoms with Gasteiger partial charge in [-0.05, 0) is 62.6 Å². The molecule has 1 aliphatic rings. The minimum absolute atomic E-state index is 0.240. The number of benzene rings is 1. The molecule has 3 rings (SSSR count). The number of hydrogen-bond donors (Lipinski definition) is 4. The molecule has 0 spiro atoms. The Kier molecular flexibility index (Phi) is 4.85. The number of aromatic amines is 1. The van der Waals surface area contributed by atoms with Crippen LogP contribution in [0.25, 0.3) is 0 Å². The highest BCUT2D eigenvalue weighted by Crippen LogP contribution is 2.22. The highest BCUT2D eigenvalue weighted by Gasteiger charge is 2.26. The maximum Gasteiger partial charge on any atom is 0.271 e. The van der Waals surface area contributed by atoms with E-state index in [9.17, 15) is 9.59 Å². The van der Waals surface area contributed by atoms with Crippen LogP contribution in [-0.4, -0.2) is 35.1 Å². The van der Waals surface area contributed by atoms with Gasteiger partial charge in [-0.1, -0.05) is 0 Å². The van der Waals surface area contributed by atoms with Crippen molar-refractivity contribution in [2.45, 2.75) is 39.3 Å². The van der Waals surface area contributed by atoms with Crippen LogP contribution in [-0.2, 0) is 6.54 Å². The highest BCUT2D eigenvalue weighted by atomic mass is 16.2. The Morgan fingerprint density at radius 1 is 1.20 bits per heavy atom. The highest BCUT2D eigenvalue weighted by molar-refractivity contribution is 6.08.